The predicted molar refractivity (Wildman–Crippen MR) is 94.7 cm³/mol. The maximum Gasteiger partial charge on any atom is 0.244 e. The topological polar surface area (TPSA) is 71.3 Å². The van der Waals surface area contributed by atoms with E-state index in [4.69, 9.17) is 9.47 Å². The Kier molecular flexibility index (Phi) is 4.90. The number of methoxy groups -OCH3 is 1. The molecule has 0 aliphatic heterocycles. The van der Waals surface area contributed by atoms with Crippen LogP contribution in [0.5, 0.6) is 17.2 Å². The molecule has 25 heavy (non-hydrogen) atoms. The van der Waals surface area contributed by atoms with Crippen molar-refractivity contribution in [3.63, 3.8) is 0 Å². The molecule has 2 aromatic rings. The van der Waals surface area contributed by atoms with E-state index in [0.29, 0.717) is 35.8 Å². The van der Waals surface area contributed by atoms with Crippen molar-refractivity contribution in [2.45, 2.75) is 25.7 Å². The van der Waals surface area contributed by atoms with Crippen LogP contribution in [0.2, 0.25) is 0 Å². The van der Waals surface area contributed by atoms with E-state index >= 15 is 0 Å². The summed E-state index contributed by atoms with van der Waals surface area (Å²) in [5, 5.41) is 12.2. The molecule has 1 amide bonds. The highest BCUT2D eigenvalue weighted by Gasteiger charge is 2.41. The van der Waals surface area contributed by atoms with Crippen LogP contribution in [0.3, 0.4) is 0 Å². The van der Waals surface area contributed by atoms with Gasteiger partial charge in [0.1, 0.15) is 11.2 Å². The average Bonchev–Trinajstić information content (AvgIpc) is 3.14. The Bertz CT molecular complexity index is 787. The molecule has 3 rings (SSSR count). The van der Waals surface area contributed by atoms with E-state index in [1.165, 1.54) is 0 Å². The lowest BCUT2D eigenvalue weighted by molar-refractivity contribution is -0.122. The fraction of sp³-hybridized carbons (Fsp3) is 0.300. The van der Waals surface area contributed by atoms with Crippen LogP contribution in [0.25, 0.3) is 0 Å². The Balaban J connectivity index is 1.68. The summed E-state index contributed by atoms with van der Waals surface area (Å²) in [6.45, 7) is 0. The first-order chi connectivity index (χ1) is 12.2. The van der Waals surface area contributed by atoms with Crippen LogP contribution in [0, 0.1) is 16.7 Å². The number of hydrogen-bond donors (Lipinski definition) is 1. The second kappa shape index (κ2) is 7.27. The van der Waals surface area contributed by atoms with Crippen molar-refractivity contribution in [2.24, 2.45) is 5.41 Å². The zero-order chi connectivity index (χ0) is 17.7. The Hall–Kier alpha value is -3.00. The average molecular weight is 336 g/mol. The van der Waals surface area contributed by atoms with Crippen LogP contribution in [-0.2, 0) is 4.79 Å². The third-order valence-corrected chi connectivity index (χ3v) is 4.51. The molecule has 0 atom stereocenters. The number of carbonyl (C=O) groups is 1. The molecule has 5 nitrogen and oxygen atoms in total. The summed E-state index contributed by atoms with van der Waals surface area (Å²) in [6.07, 6.45) is 3.11. The number of hydrogen-bond acceptors (Lipinski definition) is 4. The van der Waals surface area contributed by atoms with Crippen LogP contribution < -0.4 is 14.8 Å². The minimum Gasteiger partial charge on any atom is -0.493 e. The van der Waals surface area contributed by atoms with Crippen molar-refractivity contribution in [3.8, 4) is 23.3 Å². The summed E-state index contributed by atoms with van der Waals surface area (Å²) in [5.41, 5.74) is -0.231. The number of nitrogens with one attached hydrogen (secondary N) is 1. The third kappa shape index (κ3) is 3.58. The Morgan fingerprint density at radius 1 is 1.08 bits per heavy atom. The van der Waals surface area contributed by atoms with Crippen molar-refractivity contribution in [1.29, 1.82) is 5.26 Å². The molecule has 1 N–H and O–H groups in total. The molecule has 0 heterocycles. The van der Waals surface area contributed by atoms with Gasteiger partial charge in [-0.15, -0.1) is 0 Å². The number of nitriles is 1. The molecule has 0 spiro atoms. The lowest BCUT2D eigenvalue weighted by atomic mass is 9.87. The van der Waals surface area contributed by atoms with Gasteiger partial charge in [0, 0.05) is 5.69 Å². The van der Waals surface area contributed by atoms with Gasteiger partial charge in [0.25, 0.3) is 0 Å². The second-order valence-corrected chi connectivity index (χ2v) is 6.13. The van der Waals surface area contributed by atoms with Gasteiger partial charge in [0.2, 0.25) is 5.91 Å². The number of benzene rings is 2. The summed E-state index contributed by atoms with van der Waals surface area (Å²) >= 11 is 0. The van der Waals surface area contributed by atoms with E-state index in [9.17, 15) is 10.1 Å². The van der Waals surface area contributed by atoms with Gasteiger partial charge in [0.05, 0.1) is 13.2 Å². The molecule has 2 aromatic carbocycles. The lowest BCUT2D eigenvalue weighted by Gasteiger charge is -2.19. The van der Waals surface area contributed by atoms with E-state index < -0.39 is 5.41 Å². The maximum atomic E-state index is 12.4. The van der Waals surface area contributed by atoms with Gasteiger partial charge in [-0.05, 0) is 49.2 Å². The zero-order valence-corrected chi connectivity index (χ0v) is 14.1. The first kappa shape index (κ1) is 16.8. The molecule has 0 radical (unpaired) electrons. The van der Waals surface area contributed by atoms with E-state index in [0.717, 1.165) is 12.8 Å². The molecular weight excluding hydrogens is 316 g/mol. The number of nitrogens with zero attached hydrogens (tertiary/aromatic N) is 1. The number of para-hydroxylation sites is 2. The van der Waals surface area contributed by atoms with Crippen LogP contribution in [0.4, 0.5) is 5.69 Å². The largest absolute Gasteiger partial charge is 0.493 e. The molecule has 0 saturated heterocycles. The SMILES string of the molecule is COc1ccccc1Oc1ccc(NC(=O)C2(C#N)CCCC2)cc1. The minimum atomic E-state index is -0.882. The van der Waals surface area contributed by atoms with Gasteiger partial charge in [-0.3, -0.25) is 4.79 Å². The van der Waals surface area contributed by atoms with Gasteiger partial charge >= 0.3 is 0 Å². The second-order valence-electron chi connectivity index (χ2n) is 6.13. The molecule has 128 valence electrons. The summed E-state index contributed by atoms with van der Waals surface area (Å²) < 4.78 is 11.1. The molecule has 5 heteroatoms. The molecule has 1 aliphatic carbocycles. The molecule has 1 fully saturated rings. The van der Waals surface area contributed by atoms with Crippen molar-refractivity contribution in [1.82, 2.24) is 0 Å². The number of ether oxygens (including phenoxy) is 2. The van der Waals surface area contributed by atoms with Gasteiger partial charge in [-0.25, -0.2) is 0 Å². The van der Waals surface area contributed by atoms with Gasteiger partial charge in [0.15, 0.2) is 11.5 Å². The summed E-state index contributed by atoms with van der Waals surface area (Å²) in [6, 6.07) is 16.7. The molecule has 1 saturated carbocycles. The van der Waals surface area contributed by atoms with Crippen molar-refractivity contribution in [3.05, 3.63) is 48.5 Å². The van der Waals surface area contributed by atoms with E-state index in [1.54, 1.807) is 31.4 Å². The fourth-order valence-electron chi connectivity index (χ4n) is 3.06. The van der Waals surface area contributed by atoms with Crippen LogP contribution >= 0.6 is 0 Å². The van der Waals surface area contributed by atoms with E-state index in [-0.39, 0.29) is 5.91 Å². The highest BCUT2D eigenvalue weighted by atomic mass is 16.5. The Labute approximate surface area is 147 Å². The predicted octanol–water partition coefficient (Wildman–Crippen LogP) is 4.51. The standard InChI is InChI=1S/C20H20N2O3/c1-24-17-6-2-3-7-18(17)25-16-10-8-15(9-11-16)22-19(23)20(14-21)12-4-5-13-20/h2-3,6-11H,4-5,12-13H2,1H3,(H,22,23). The molecular formula is C20H20N2O3. The van der Waals surface area contributed by atoms with Crippen molar-refractivity contribution in [2.75, 3.05) is 12.4 Å². The van der Waals surface area contributed by atoms with Crippen LogP contribution in [0.15, 0.2) is 48.5 Å². The van der Waals surface area contributed by atoms with Crippen molar-refractivity contribution >= 4 is 11.6 Å². The first-order valence-corrected chi connectivity index (χ1v) is 8.30. The highest BCUT2D eigenvalue weighted by molar-refractivity contribution is 5.97. The summed E-state index contributed by atoms with van der Waals surface area (Å²) in [5.74, 6) is 1.69. The Morgan fingerprint density at radius 3 is 2.32 bits per heavy atom. The van der Waals surface area contributed by atoms with E-state index in [2.05, 4.69) is 11.4 Å². The summed E-state index contributed by atoms with van der Waals surface area (Å²) in [4.78, 5) is 12.4. The monoisotopic (exact) mass is 336 g/mol. The van der Waals surface area contributed by atoms with Gasteiger partial charge < -0.3 is 14.8 Å². The zero-order valence-electron chi connectivity index (χ0n) is 14.1. The molecule has 1 aliphatic rings. The van der Waals surface area contributed by atoms with Gasteiger partial charge in [-0.1, -0.05) is 25.0 Å². The number of anilines is 1. The normalized spacial score (nSPS) is 15.2. The smallest absolute Gasteiger partial charge is 0.244 e. The molecule has 0 bridgehead atoms. The minimum absolute atomic E-state index is 0.217. The third-order valence-electron chi connectivity index (χ3n) is 4.51. The maximum absolute atomic E-state index is 12.4. The number of amides is 1. The lowest BCUT2D eigenvalue weighted by Crippen LogP contribution is -2.32. The van der Waals surface area contributed by atoms with E-state index in [1.807, 2.05) is 24.3 Å². The van der Waals surface area contributed by atoms with Gasteiger partial charge in [-0.2, -0.15) is 5.26 Å². The quantitative estimate of drug-likeness (QED) is 0.872. The first-order valence-electron chi connectivity index (χ1n) is 8.30. The van der Waals surface area contributed by atoms with Crippen LogP contribution in [0.1, 0.15) is 25.7 Å². The number of carbonyl (C=O) groups excluding carboxylic acids is 1. The van der Waals surface area contributed by atoms with Crippen molar-refractivity contribution < 1.29 is 14.3 Å². The van der Waals surface area contributed by atoms with Crippen LogP contribution in [-0.4, -0.2) is 13.0 Å². The highest BCUT2D eigenvalue weighted by Crippen LogP contribution is 2.38. The summed E-state index contributed by atoms with van der Waals surface area (Å²) in [7, 11) is 1.59. The fourth-order valence-corrected chi connectivity index (χ4v) is 3.06. The molecule has 0 unspecified atom stereocenters. The Morgan fingerprint density at radius 2 is 1.72 bits per heavy atom. The molecule has 0 aromatic heterocycles. The number of rotatable bonds is 5.